The lowest BCUT2D eigenvalue weighted by atomic mass is 9.97. The number of thiol groups is 1. The summed E-state index contributed by atoms with van der Waals surface area (Å²) in [5.74, 6) is -0.342. The lowest BCUT2D eigenvalue weighted by Gasteiger charge is -2.11. The minimum Gasteiger partial charge on any atom is -0.469 e. The predicted molar refractivity (Wildman–Crippen MR) is 63.5 cm³/mol. The number of hydrogen-bond acceptors (Lipinski definition) is 4. The molecule has 1 rings (SSSR count). The maximum absolute atomic E-state index is 11.3. The van der Waals surface area contributed by atoms with Gasteiger partial charge in [0.2, 0.25) is 0 Å². The quantitative estimate of drug-likeness (QED) is 0.645. The molecule has 0 radical (unpaired) electrons. The Bertz CT molecular complexity index is 449. The van der Waals surface area contributed by atoms with Crippen molar-refractivity contribution in [3.05, 3.63) is 28.8 Å². The number of nitriles is 1. The molecule has 0 N–H and O–H groups in total. The third-order valence-corrected chi connectivity index (χ3v) is 2.85. The van der Waals surface area contributed by atoms with E-state index in [1.54, 1.807) is 12.1 Å². The van der Waals surface area contributed by atoms with Gasteiger partial charge in [0.25, 0.3) is 0 Å². The van der Waals surface area contributed by atoms with Crippen LogP contribution in [0.15, 0.2) is 17.0 Å². The largest absolute Gasteiger partial charge is 0.469 e. The van der Waals surface area contributed by atoms with Crippen LogP contribution in [0.2, 0.25) is 0 Å². The molecule has 0 aromatic heterocycles. The Hall–Kier alpha value is -1.47. The second-order valence-electron chi connectivity index (χ2n) is 3.31. The normalized spacial score (nSPS) is 9.62. The van der Waals surface area contributed by atoms with Crippen molar-refractivity contribution in [2.75, 3.05) is 7.11 Å². The summed E-state index contributed by atoms with van der Waals surface area (Å²) in [6.07, 6.45) is 0.859. The molecule has 0 saturated heterocycles. The first-order valence-corrected chi connectivity index (χ1v) is 5.39. The van der Waals surface area contributed by atoms with E-state index in [9.17, 15) is 4.79 Å². The Kier molecular flexibility index (Phi) is 4.39. The SMILES string of the molecule is CCc1c(S)ccc(C#N)c1CC(=O)OC. The topological polar surface area (TPSA) is 50.1 Å². The van der Waals surface area contributed by atoms with Crippen LogP contribution in [0.1, 0.15) is 23.6 Å². The van der Waals surface area contributed by atoms with Gasteiger partial charge in [-0.3, -0.25) is 4.79 Å². The van der Waals surface area contributed by atoms with Crippen molar-refractivity contribution in [1.29, 1.82) is 5.26 Å². The molecule has 84 valence electrons. The van der Waals surface area contributed by atoms with Gasteiger partial charge in [0.05, 0.1) is 25.2 Å². The monoisotopic (exact) mass is 235 g/mol. The zero-order chi connectivity index (χ0) is 12.1. The number of nitrogens with zero attached hydrogens (tertiary/aromatic N) is 1. The Morgan fingerprint density at radius 3 is 2.69 bits per heavy atom. The summed E-state index contributed by atoms with van der Waals surface area (Å²) >= 11 is 4.32. The summed E-state index contributed by atoms with van der Waals surface area (Å²) in [5.41, 5.74) is 2.18. The molecule has 0 heterocycles. The van der Waals surface area contributed by atoms with Crippen LogP contribution < -0.4 is 0 Å². The molecule has 0 amide bonds. The molecule has 0 aliphatic heterocycles. The number of methoxy groups -OCH3 is 1. The van der Waals surface area contributed by atoms with E-state index in [1.807, 2.05) is 6.92 Å². The number of carbonyl (C=O) groups excluding carboxylic acids is 1. The van der Waals surface area contributed by atoms with Crippen molar-refractivity contribution in [1.82, 2.24) is 0 Å². The second kappa shape index (κ2) is 5.57. The number of ether oxygens (including phenoxy) is 1. The van der Waals surface area contributed by atoms with Gasteiger partial charge in [0.15, 0.2) is 0 Å². The molecule has 0 bridgehead atoms. The lowest BCUT2D eigenvalue weighted by Crippen LogP contribution is -2.09. The maximum atomic E-state index is 11.3. The molecule has 0 aliphatic rings. The molecule has 1 aromatic rings. The molecule has 16 heavy (non-hydrogen) atoms. The molecule has 1 aromatic carbocycles. The average Bonchev–Trinajstić information content (AvgIpc) is 2.29. The summed E-state index contributed by atoms with van der Waals surface area (Å²) in [4.78, 5) is 12.1. The van der Waals surface area contributed by atoms with E-state index in [0.29, 0.717) is 5.56 Å². The summed E-state index contributed by atoms with van der Waals surface area (Å²) in [7, 11) is 1.34. The number of esters is 1. The second-order valence-corrected chi connectivity index (χ2v) is 3.79. The van der Waals surface area contributed by atoms with Gasteiger partial charge >= 0.3 is 5.97 Å². The fourth-order valence-corrected chi connectivity index (χ4v) is 1.97. The van der Waals surface area contributed by atoms with E-state index in [1.165, 1.54) is 7.11 Å². The highest BCUT2D eigenvalue weighted by molar-refractivity contribution is 7.80. The summed E-state index contributed by atoms with van der Waals surface area (Å²) in [5, 5.41) is 8.99. The van der Waals surface area contributed by atoms with Crippen molar-refractivity contribution < 1.29 is 9.53 Å². The minimum absolute atomic E-state index is 0.122. The van der Waals surface area contributed by atoms with Gasteiger partial charge in [-0.25, -0.2) is 0 Å². The number of benzene rings is 1. The number of rotatable bonds is 3. The van der Waals surface area contributed by atoms with Crippen molar-refractivity contribution in [2.24, 2.45) is 0 Å². The van der Waals surface area contributed by atoms with E-state index in [2.05, 4.69) is 23.4 Å². The standard InChI is InChI=1S/C12H13NO2S/c1-3-9-10(6-12(14)15-2)8(7-13)4-5-11(9)16/h4-5,16H,3,6H2,1-2H3. The highest BCUT2D eigenvalue weighted by atomic mass is 32.1. The molecular weight excluding hydrogens is 222 g/mol. The molecule has 0 saturated carbocycles. The summed E-state index contributed by atoms with van der Waals surface area (Å²) in [6, 6.07) is 5.54. The first-order chi connectivity index (χ1) is 7.63. The lowest BCUT2D eigenvalue weighted by molar-refractivity contribution is -0.139. The zero-order valence-electron chi connectivity index (χ0n) is 9.28. The van der Waals surface area contributed by atoms with Crippen LogP contribution in [0.4, 0.5) is 0 Å². The molecule has 0 unspecified atom stereocenters. The van der Waals surface area contributed by atoms with E-state index in [0.717, 1.165) is 22.4 Å². The molecule has 0 spiro atoms. The Morgan fingerprint density at radius 1 is 1.50 bits per heavy atom. The van der Waals surface area contributed by atoms with Crippen molar-refractivity contribution >= 4 is 18.6 Å². The fraction of sp³-hybridized carbons (Fsp3) is 0.333. The van der Waals surface area contributed by atoms with Crippen LogP contribution in [-0.2, 0) is 22.4 Å². The van der Waals surface area contributed by atoms with E-state index >= 15 is 0 Å². The first kappa shape index (κ1) is 12.6. The van der Waals surface area contributed by atoms with Crippen LogP contribution in [0.25, 0.3) is 0 Å². The van der Waals surface area contributed by atoms with Crippen molar-refractivity contribution in [3.8, 4) is 6.07 Å². The van der Waals surface area contributed by atoms with E-state index in [-0.39, 0.29) is 12.4 Å². The Labute approximate surface area is 100 Å². The average molecular weight is 235 g/mol. The van der Waals surface area contributed by atoms with Crippen LogP contribution in [0, 0.1) is 11.3 Å². The third-order valence-electron chi connectivity index (χ3n) is 2.43. The highest BCUT2D eigenvalue weighted by Crippen LogP contribution is 2.23. The van der Waals surface area contributed by atoms with Crippen LogP contribution in [0.5, 0.6) is 0 Å². The van der Waals surface area contributed by atoms with Gasteiger partial charge in [-0.2, -0.15) is 5.26 Å². The minimum atomic E-state index is -0.342. The molecule has 4 heteroatoms. The molecule has 3 nitrogen and oxygen atoms in total. The Morgan fingerprint density at radius 2 is 2.19 bits per heavy atom. The van der Waals surface area contributed by atoms with Crippen molar-refractivity contribution in [2.45, 2.75) is 24.7 Å². The number of hydrogen-bond donors (Lipinski definition) is 1. The predicted octanol–water partition coefficient (Wildman–Crippen LogP) is 2.12. The molecule has 0 fully saturated rings. The molecule has 0 aliphatic carbocycles. The van der Waals surface area contributed by atoms with Gasteiger partial charge in [0, 0.05) is 4.90 Å². The Balaban J connectivity index is 3.26. The molecular formula is C12H13NO2S. The highest BCUT2D eigenvalue weighted by Gasteiger charge is 2.14. The van der Waals surface area contributed by atoms with E-state index < -0.39 is 0 Å². The van der Waals surface area contributed by atoms with Gasteiger partial charge in [-0.1, -0.05) is 6.92 Å². The van der Waals surface area contributed by atoms with Gasteiger partial charge in [-0.05, 0) is 29.7 Å². The van der Waals surface area contributed by atoms with Crippen LogP contribution in [-0.4, -0.2) is 13.1 Å². The third kappa shape index (κ3) is 2.56. The van der Waals surface area contributed by atoms with Gasteiger partial charge in [0.1, 0.15) is 0 Å². The van der Waals surface area contributed by atoms with Crippen LogP contribution >= 0.6 is 12.6 Å². The molecule has 0 atom stereocenters. The first-order valence-electron chi connectivity index (χ1n) is 4.94. The van der Waals surface area contributed by atoms with Crippen LogP contribution in [0.3, 0.4) is 0 Å². The van der Waals surface area contributed by atoms with Crippen molar-refractivity contribution in [3.63, 3.8) is 0 Å². The fourth-order valence-electron chi connectivity index (χ4n) is 1.60. The smallest absolute Gasteiger partial charge is 0.310 e. The number of carbonyl (C=O) groups is 1. The zero-order valence-corrected chi connectivity index (χ0v) is 10.2. The summed E-state index contributed by atoms with van der Waals surface area (Å²) in [6.45, 7) is 1.97. The van der Waals surface area contributed by atoms with Gasteiger partial charge in [-0.15, -0.1) is 12.6 Å². The van der Waals surface area contributed by atoms with Gasteiger partial charge < -0.3 is 4.74 Å². The maximum Gasteiger partial charge on any atom is 0.310 e. The van der Waals surface area contributed by atoms with E-state index in [4.69, 9.17) is 5.26 Å². The summed E-state index contributed by atoms with van der Waals surface area (Å²) < 4.78 is 4.62.